The van der Waals surface area contributed by atoms with Crippen LogP contribution in [-0.4, -0.2) is 82.2 Å². The van der Waals surface area contributed by atoms with E-state index in [9.17, 15) is 9.90 Å². The van der Waals surface area contributed by atoms with E-state index in [-0.39, 0.29) is 11.9 Å². The second kappa shape index (κ2) is 9.88. The molecule has 1 aromatic heterocycles. The largest absolute Gasteiger partial charge is 0.390 e. The molecular weight excluding hydrogens is 473 g/mol. The average Bonchev–Trinajstić information content (AvgIpc) is 3.26. The molecule has 2 fully saturated rings. The molecule has 34 heavy (non-hydrogen) atoms. The minimum Gasteiger partial charge on any atom is -0.390 e. The molecule has 3 heterocycles. The Morgan fingerprint density at radius 2 is 1.53 bits per heavy atom. The van der Waals surface area contributed by atoms with Crippen molar-refractivity contribution in [2.45, 2.75) is 12.1 Å². The van der Waals surface area contributed by atoms with Gasteiger partial charge in [-0.3, -0.25) is 9.69 Å². The van der Waals surface area contributed by atoms with Gasteiger partial charge in [0.25, 0.3) is 5.91 Å². The maximum Gasteiger partial charge on any atom is 0.253 e. The summed E-state index contributed by atoms with van der Waals surface area (Å²) in [5.41, 5.74) is 2.43. The topological polar surface area (TPSA) is 72.8 Å². The maximum absolute atomic E-state index is 12.9. The Morgan fingerprint density at radius 3 is 2.21 bits per heavy atom. The zero-order chi connectivity index (χ0) is 23.7. The lowest BCUT2D eigenvalue weighted by molar-refractivity contribution is 0.0754. The number of hydrogen-bond donors (Lipinski definition) is 1. The summed E-state index contributed by atoms with van der Waals surface area (Å²) in [5, 5.41) is 12.0. The number of carbonyl (C=O) groups excluding carboxylic acids is 1. The van der Waals surface area contributed by atoms with Gasteiger partial charge in [-0.1, -0.05) is 35.3 Å². The highest BCUT2D eigenvalue weighted by Crippen LogP contribution is 2.25. The van der Waals surface area contributed by atoms with Crippen molar-refractivity contribution in [3.8, 4) is 11.3 Å². The SMILES string of the molecule is O=C(c1ccc(Cl)cc1)N1C[C@H](O)[C@@H](N2CCN(c3cc(-c4ccc(Cl)cc4)ncn3)CC2)C1. The summed E-state index contributed by atoms with van der Waals surface area (Å²) < 4.78 is 0. The molecule has 2 aliphatic rings. The summed E-state index contributed by atoms with van der Waals surface area (Å²) in [7, 11) is 0. The minimum absolute atomic E-state index is 0.0755. The molecule has 3 aromatic rings. The maximum atomic E-state index is 12.9. The summed E-state index contributed by atoms with van der Waals surface area (Å²) in [6.45, 7) is 3.98. The number of aliphatic hydroxyl groups excluding tert-OH is 1. The zero-order valence-electron chi connectivity index (χ0n) is 18.5. The first-order valence-electron chi connectivity index (χ1n) is 11.3. The number of hydrogen-bond acceptors (Lipinski definition) is 6. The fourth-order valence-electron chi connectivity index (χ4n) is 4.65. The van der Waals surface area contributed by atoms with Gasteiger partial charge in [-0.2, -0.15) is 0 Å². The molecule has 2 aromatic carbocycles. The van der Waals surface area contributed by atoms with E-state index in [1.54, 1.807) is 35.5 Å². The standard InChI is InChI=1S/C25H25Cl2N5O2/c26-19-5-1-17(2-6-19)21-13-24(29-16-28-21)31-11-9-30(10-12-31)22-14-32(15-23(22)33)25(34)18-3-7-20(27)8-4-18/h1-8,13,16,22-23,33H,9-12,14-15H2/t22-,23-/m0/s1. The third-order valence-electron chi connectivity index (χ3n) is 6.54. The molecule has 176 valence electrons. The number of halogens is 2. The molecule has 5 rings (SSSR count). The van der Waals surface area contributed by atoms with Gasteiger partial charge in [-0.05, 0) is 36.4 Å². The van der Waals surface area contributed by atoms with Crippen molar-refractivity contribution >= 4 is 34.9 Å². The fraction of sp³-hybridized carbons (Fsp3) is 0.320. The van der Waals surface area contributed by atoms with Crippen molar-refractivity contribution in [3.05, 3.63) is 76.5 Å². The van der Waals surface area contributed by atoms with Crippen LogP contribution in [0.4, 0.5) is 5.82 Å². The molecule has 1 amide bonds. The molecule has 9 heteroatoms. The average molecular weight is 498 g/mol. The zero-order valence-corrected chi connectivity index (χ0v) is 20.0. The number of carbonyl (C=O) groups is 1. The third-order valence-corrected chi connectivity index (χ3v) is 7.04. The summed E-state index contributed by atoms with van der Waals surface area (Å²) in [6, 6.07) is 16.4. The van der Waals surface area contributed by atoms with E-state index >= 15 is 0 Å². The summed E-state index contributed by atoms with van der Waals surface area (Å²) >= 11 is 11.9. The Morgan fingerprint density at radius 1 is 0.882 bits per heavy atom. The molecule has 2 atom stereocenters. The van der Waals surface area contributed by atoms with Crippen LogP contribution in [0.2, 0.25) is 10.0 Å². The van der Waals surface area contributed by atoms with Crippen LogP contribution in [0.25, 0.3) is 11.3 Å². The van der Waals surface area contributed by atoms with Gasteiger partial charge in [-0.15, -0.1) is 0 Å². The number of β-amino-alcohol motifs (C(OH)–C–C–N with tert-alkyl or cyclic N) is 1. The first-order valence-corrected chi connectivity index (χ1v) is 12.0. The Balaban J connectivity index is 1.21. The van der Waals surface area contributed by atoms with Crippen molar-refractivity contribution in [2.24, 2.45) is 0 Å². The van der Waals surface area contributed by atoms with Crippen LogP contribution in [0.5, 0.6) is 0 Å². The van der Waals surface area contributed by atoms with Crippen molar-refractivity contribution in [2.75, 3.05) is 44.2 Å². The second-order valence-corrected chi connectivity index (χ2v) is 9.52. The van der Waals surface area contributed by atoms with Gasteiger partial charge in [0.1, 0.15) is 12.1 Å². The lowest BCUT2D eigenvalue weighted by Gasteiger charge is -2.39. The molecule has 0 aliphatic carbocycles. The van der Waals surface area contributed by atoms with Crippen molar-refractivity contribution in [1.29, 1.82) is 0 Å². The number of amides is 1. The number of nitrogens with zero attached hydrogens (tertiary/aromatic N) is 5. The van der Waals surface area contributed by atoms with Gasteiger partial charge >= 0.3 is 0 Å². The molecule has 0 unspecified atom stereocenters. The van der Waals surface area contributed by atoms with Crippen LogP contribution in [-0.2, 0) is 0 Å². The Bertz CT molecular complexity index is 1150. The lowest BCUT2D eigenvalue weighted by Crippen LogP contribution is -2.54. The molecule has 2 aliphatic heterocycles. The highest BCUT2D eigenvalue weighted by molar-refractivity contribution is 6.30. The highest BCUT2D eigenvalue weighted by Gasteiger charge is 2.39. The molecule has 0 saturated carbocycles. The van der Waals surface area contributed by atoms with E-state index in [0.29, 0.717) is 28.7 Å². The molecule has 0 spiro atoms. The van der Waals surface area contributed by atoms with Crippen LogP contribution < -0.4 is 4.90 Å². The van der Waals surface area contributed by atoms with E-state index < -0.39 is 6.10 Å². The van der Waals surface area contributed by atoms with Crippen LogP contribution >= 0.6 is 23.2 Å². The minimum atomic E-state index is -0.571. The summed E-state index contributed by atoms with van der Waals surface area (Å²) in [5.74, 6) is 0.804. The van der Waals surface area contributed by atoms with E-state index in [1.165, 1.54) is 0 Å². The predicted molar refractivity (Wildman–Crippen MR) is 133 cm³/mol. The van der Waals surface area contributed by atoms with Crippen LogP contribution in [0.1, 0.15) is 10.4 Å². The van der Waals surface area contributed by atoms with Gasteiger partial charge in [0.2, 0.25) is 0 Å². The van der Waals surface area contributed by atoms with Crippen molar-refractivity contribution < 1.29 is 9.90 Å². The van der Waals surface area contributed by atoms with Gasteiger partial charge in [0, 0.05) is 66.5 Å². The Labute approximate surface area is 208 Å². The van der Waals surface area contributed by atoms with Crippen LogP contribution in [0.15, 0.2) is 60.9 Å². The Hall–Kier alpha value is -2.71. The number of benzene rings is 2. The third kappa shape index (κ3) is 4.88. The highest BCUT2D eigenvalue weighted by atomic mass is 35.5. The molecule has 2 saturated heterocycles. The monoisotopic (exact) mass is 497 g/mol. The van der Waals surface area contributed by atoms with E-state index in [0.717, 1.165) is 43.3 Å². The van der Waals surface area contributed by atoms with E-state index in [1.807, 2.05) is 30.3 Å². The number of rotatable bonds is 4. The van der Waals surface area contributed by atoms with E-state index in [4.69, 9.17) is 23.2 Å². The first-order chi connectivity index (χ1) is 16.5. The van der Waals surface area contributed by atoms with Gasteiger partial charge in [-0.25, -0.2) is 9.97 Å². The summed E-state index contributed by atoms with van der Waals surface area (Å²) in [6.07, 6.45) is 1.02. The smallest absolute Gasteiger partial charge is 0.253 e. The van der Waals surface area contributed by atoms with Crippen molar-refractivity contribution in [1.82, 2.24) is 19.8 Å². The predicted octanol–water partition coefficient (Wildman–Crippen LogP) is 3.46. The molecule has 1 N–H and O–H groups in total. The number of aromatic nitrogens is 2. The van der Waals surface area contributed by atoms with Gasteiger partial charge in [0.05, 0.1) is 17.8 Å². The molecule has 7 nitrogen and oxygen atoms in total. The fourth-order valence-corrected chi connectivity index (χ4v) is 4.90. The van der Waals surface area contributed by atoms with Crippen molar-refractivity contribution in [3.63, 3.8) is 0 Å². The second-order valence-electron chi connectivity index (χ2n) is 8.64. The first kappa shape index (κ1) is 23.1. The lowest BCUT2D eigenvalue weighted by atomic mass is 10.1. The number of likely N-dealkylation sites (tertiary alicyclic amines) is 1. The molecule has 0 bridgehead atoms. The number of anilines is 1. The van der Waals surface area contributed by atoms with Crippen LogP contribution in [0, 0.1) is 0 Å². The van der Waals surface area contributed by atoms with Gasteiger partial charge in [0.15, 0.2) is 0 Å². The normalized spacial score (nSPS) is 21.1. The number of aliphatic hydroxyl groups is 1. The molecular formula is C25H25Cl2N5O2. The number of piperazine rings is 1. The quantitative estimate of drug-likeness (QED) is 0.594. The molecule has 0 radical (unpaired) electrons. The van der Waals surface area contributed by atoms with E-state index in [2.05, 4.69) is 19.8 Å². The van der Waals surface area contributed by atoms with Crippen LogP contribution in [0.3, 0.4) is 0 Å². The Kier molecular flexibility index (Phi) is 6.70. The summed E-state index contributed by atoms with van der Waals surface area (Å²) in [4.78, 5) is 28.0. The van der Waals surface area contributed by atoms with Gasteiger partial charge < -0.3 is 14.9 Å².